The number of carbonyl (C=O) groups excluding carboxylic acids is 1. The summed E-state index contributed by atoms with van der Waals surface area (Å²) in [6, 6.07) is 8.74. The second kappa shape index (κ2) is 8.56. The zero-order chi connectivity index (χ0) is 19.4. The molecule has 2 heterocycles. The number of pyridine rings is 1. The molecule has 7 nitrogen and oxygen atoms in total. The van der Waals surface area contributed by atoms with Gasteiger partial charge < -0.3 is 10.6 Å². The van der Waals surface area contributed by atoms with Crippen molar-refractivity contribution in [2.24, 2.45) is 0 Å². The fourth-order valence-electron chi connectivity index (χ4n) is 2.38. The Morgan fingerprint density at radius 1 is 1.15 bits per heavy atom. The lowest BCUT2D eigenvalue weighted by Gasteiger charge is -2.08. The Morgan fingerprint density at radius 2 is 1.96 bits per heavy atom. The van der Waals surface area contributed by atoms with E-state index in [1.807, 2.05) is 6.07 Å². The fraction of sp³-hybridized carbons (Fsp3) is 0.176. The second-order valence-electron chi connectivity index (χ2n) is 5.58. The van der Waals surface area contributed by atoms with Crippen LogP contribution in [0.5, 0.6) is 0 Å². The first-order valence-electron chi connectivity index (χ1n) is 7.97. The van der Waals surface area contributed by atoms with Gasteiger partial charge in [-0.1, -0.05) is 46.1 Å². The van der Waals surface area contributed by atoms with Gasteiger partial charge in [-0.25, -0.2) is 9.67 Å². The summed E-state index contributed by atoms with van der Waals surface area (Å²) < 4.78 is 1.57. The maximum atomic E-state index is 12.4. The molecule has 0 unspecified atom stereocenters. The molecule has 0 aliphatic rings. The number of rotatable bonds is 6. The Labute approximate surface area is 170 Å². The van der Waals surface area contributed by atoms with Crippen molar-refractivity contribution in [1.29, 1.82) is 0 Å². The number of hydrogen-bond acceptors (Lipinski definition) is 5. The quantitative estimate of drug-likeness (QED) is 0.587. The van der Waals surface area contributed by atoms with Gasteiger partial charge in [-0.15, -0.1) is 5.10 Å². The summed E-state index contributed by atoms with van der Waals surface area (Å²) in [6.45, 7) is 2.55. The van der Waals surface area contributed by atoms with E-state index in [9.17, 15) is 4.79 Å². The van der Waals surface area contributed by atoms with E-state index in [1.165, 1.54) is 6.20 Å². The summed E-state index contributed by atoms with van der Waals surface area (Å²) in [5.74, 6) is 0.177. The number of hydrogen-bond donors (Lipinski definition) is 2. The van der Waals surface area contributed by atoms with Crippen molar-refractivity contribution in [1.82, 2.24) is 25.3 Å². The molecule has 0 aliphatic carbocycles. The molecule has 10 heteroatoms. The summed E-state index contributed by atoms with van der Waals surface area (Å²) in [6.07, 6.45) is 1.49. The van der Waals surface area contributed by atoms with Crippen LogP contribution in [-0.2, 0) is 0 Å². The molecular weight excluding hydrogens is 411 g/mol. The van der Waals surface area contributed by atoms with Crippen LogP contribution >= 0.6 is 34.8 Å². The number of anilines is 1. The number of carbonyl (C=O) groups is 1. The predicted octanol–water partition coefficient (Wildman–Crippen LogP) is 3.77. The minimum atomic E-state index is -0.322. The minimum absolute atomic E-state index is 0.248. The van der Waals surface area contributed by atoms with Gasteiger partial charge in [0.05, 0.1) is 21.4 Å². The molecule has 27 heavy (non-hydrogen) atoms. The van der Waals surface area contributed by atoms with E-state index in [1.54, 1.807) is 35.9 Å². The smallest absolute Gasteiger partial charge is 0.273 e. The van der Waals surface area contributed by atoms with Crippen LogP contribution in [0.2, 0.25) is 15.1 Å². The Kier molecular flexibility index (Phi) is 6.15. The van der Waals surface area contributed by atoms with Gasteiger partial charge in [0.2, 0.25) is 0 Å². The first kappa shape index (κ1) is 19.4. The van der Waals surface area contributed by atoms with Gasteiger partial charge in [0.25, 0.3) is 5.91 Å². The molecular formula is C17H15Cl3N6O. The second-order valence-corrected chi connectivity index (χ2v) is 6.86. The van der Waals surface area contributed by atoms with Gasteiger partial charge in [-0.05, 0) is 31.2 Å². The Bertz CT molecular complexity index is 975. The van der Waals surface area contributed by atoms with Crippen molar-refractivity contribution in [3.05, 3.63) is 63.0 Å². The Balaban J connectivity index is 1.59. The van der Waals surface area contributed by atoms with Crippen molar-refractivity contribution in [2.45, 2.75) is 6.92 Å². The number of aromatic nitrogens is 4. The normalized spacial score (nSPS) is 10.7. The molecule has 0 bridgehead atoms. The summed E-state index contributed by atoms with van der Waals surface area (Å²) >= 11 is 17.8. The third kappa shape index (κ3) is 4.68. The van der Waals surface area contributed by atoms with Gasteiger partial charge in [0.15, 0.2) is 5.69 Å². The third-order valence-electron chi connectivity index (χ3n) is 3.67. The van der Waals surface area contributed by atoms with E-state index in [0.29, 0.717) is 39.7 Å². The molecule has 1 amide bonds. The monoisotopic (exact) mass is 424 g/mol. The Morgan fingerprint density at radius 3 is 2.70 bits per heavy atom. The molecule has 2 N–H and O–H groups in total. The van der Waals surface area contributed by atoms with Crippen LogP contribution in [-0.4, -0.2) is 39.0 Å². The SMILES string of the molecule is Cc1c(C(=O)NCCNc2ncc(Cl)cc2Cl)nnn1-c1cccc(Cl)c1. The zero-order valence-corrected chi connectivity index (χ0v) is 16.5. The van der Waals surface area contributed by atoms with Crippen LogP contribution in [0, 0.1) is 6.92 Å². The molecule has 0 saturated carbocycles. The third-order valence-corrected chi connectivity index (χ3v) is 4.40. The standard InChI is InChI=1S/C17H15Cl3N6O/c1-10-15(24-25-26(10)13-4-2-3-11(18)7-13)17(27)22-6-5-21-16-14(20)8-12(19)9-23-16/h2-4,7-9H,5-6H2,1H3,(H,21,23)(H,22,27). The number of nitrogens with one attached hydrogen (secondary N) is 2. The number of halogens is 3. The van der Waals surface area contributed by atoms with Gasteiger partial charge >= 0.3 is 0 Å². The van der Waals surface area contributed by atoms with E-state index < -0.39 is 0 Å². The van der Waals surface area contributed by atoms with E-state index in [0.717, 1.165) is 5.69 Å². The van der Waals surface area contributed by atoms with Crippen molar-refractivity contribution in [3.8, 4) is 5.69 Å². The van der Waals surface area contributed by atoms with Gasteiger partial charge in [-0.2, -0.15) is 0 Å². The summed E-state index contributed by atoms with van der Waals surface area (Å²) in [4.78, 5) is 16.4. The number of benzene rings is 1. The van der Waals surface area contributed by atoms with Crippen molar-refractivity contribution >= 4 is 46.5 Å². The van der Waals surface area contributed by atoms with Crippen LogP contribution in [0.15, 0.2) is 36.5 Å². The maximum absolute atomic E-state index is 12.4. The molecule has 0 radical (unpaired) electrons. The highest BCUT2D eigenvalue weighted by Gasteiger charge is 2.17. The van der Waals surface area contributed by atoms with Crippen LogP contribution < -0.4 is 10.6 Å². The van der Waals surface area contributed by atoms with E-state index in [-0.39, 0.29) is 11.6 Å². The van der Waals surface area contributed by atoms with Crippen LogP contribution in [0.3, 0.4) is 0 Å². The molecule has 0 spiro atoms. The Hall–Kier alpha value is -2.35. The summed E-state index contributed by atoms with van der Waals surface area (Å²) in [5, 5.41) is 15.3. The molecule has 0 saturated heterocycles. The average molecular weight is 426 g/mol. The van der Waals surface area contributed by atoms with E-state index in [4.69, 9.17) is 34.8 Å². The minimum Gasteiger partial charge on any atom is -0.367 e. The summed E-state index contributed by atoms with van der Waals surface area (Å²) in [5.41, 5.74) is 1.60. The molecule has 3 rings (SSSR count). The number of amides is 1. The van der Waals surface area contributed by atoms with Crippen molar-refractivity contribution in [3.63, 3.8) is 0 Å². The predicted molar refractivity (Wildman–Crippen MR) is 106 cm³/mol. The molecule has 1 aromatic carbocycles. The largest absolute Gasteiger partial charge is 0.367 e. The van der Waals surface area contributed by atoms with E-state index >= 15 is 0 Å². The van der Waals surface area contributed by atoms with Crippen LogP contribution in [0.4, 0.5) is 5.82 Å². The maximum Gasteiger partial charge on any atom is 0.273 e. The first-order chi connectivity index (χ1) is 13.0. The molecule has 0 aliphatic heterocycles. The van der Waals surface area contributed by atoms with Crippen molar-refractivity contribution in [2.75, 3.05) is 18.4 Å². The highest BCUT2D eigenvalue weighted by atomic mass is 35.5. The van der Waals surface area contributed by atoms with Gasteiger partial charge in [0.1, 0.15) is 5.82 Å². The lowest BCUT2D eigenvalue weighted by molar-refractivity contribution is 0.0949. The zero-order valence-electron chi connectivity index (χ0n) is 14.2. The summed E-state index contributed by atoms with van der Waals surface area (Å²) in [7, 11) is 0. The van der Waals surface area contributed by atoms with Crippen LogP contribution in [0.1, 0.15) is 16.2 Å². The molecule has 3 aromatic rings. The molecule has 0 fully saturated rings. The molecule has 0 atom stereocenters. The van der Waals surface area contributed by atoms with Crippen molar-refractivity contribution < 1.29 is 4.79 Å². The highest BCUT2D eigenvalue weighted by Crippen LogP contribution is 2.22. The lowest BCUT2D eigenvalue weighted by atomic mass is 10.3. The molecule has 2 aromatic heterocycles. The van der Waals surface area contributed by atoms with Gasteiger partial charge in [-0.3, -0.25) is 4.79 Å². The fourth-order valence-corrected chi connectivity index (χ4v) is 3.01. The highest BCUT2D eigenvalue weighted by molar-refractivity contribution is 6.35. The van der Waals surface area contributed by atoms with Gasteiger partial charge in [0, 0.05) is 24.3 Å². The van der Waals surface area contributed by atoms with E-state index in [2.05, 4.69) is 25.9 Å². The average Bonchev–Trinajstić information content (AvgIpc) is 3.01. The lowest BCUT2D eigenvalue weighted by Crippen LogP contribution is -2.29. The van der Waals surface area contributed by atoms with Crippen LogP contribution in [0.25, 0.3) is 5.69 Å². The topological polar surface area (TPSA) is 84.7 Å². The number of nitrogens with zero attached hydrogens (tertiary/aromatic N) is 4. The first-order valence-corrected chi connectivity index (χ1v) is 9.10. The molecule has 140 valence electrons.